The van der Waals surface area contributed by atoms with Crippen LogP contribution in [0.25, 0.3) is 22.2 Å². The maximum atomic E-state index is 6.53. The van der Waals surface area contributed by atoms with Crippen molar-refractivity contribution >= 4 is 38.4 Å². The summed E-state index contributed by atoms with van der Waals surface area (Å²) in [7, 11) is 0. The zero-order valence-electron chi connectivity index (χ0n) is 15.6. The van der Waals surface area contributed by atoms with Crippen molar-refractivity contribution in [2.24, 2.45) is 5.73 Å². The van der Waals surface area contributed by atoms with Crippen molar-refractivity contribution in [2.75, 3.05) is 6.54 Å². The maximum absolute atomic E-state index is 6.53. The molecule has 138 valence electrons. The van der Waals surface area contributed by atoms with E-state index in [2.05, 4.69) is 66.0 Å². The fourth-order valence-corrected chi connectivity index (χ4v) is 3.91. The molecule has 0 aliphatic rings. The molecule has 26 heavy (non-hydrogen) atoms. The molecule has 0 aliphatic carbocycles. The smallest absolute Gasteiger partial charge is 0.0512 e. The van der Waals surface area contributed by atoms with Gasteiger partial charge in [0.2, 0.25) is 0 Å². The first-order chi connectivity index (χ1) is 12.3. The number of aromatic amines is 1. The van der Waals surface area contributed by atoms with Gasteiger partial charge in [0.1, 0.15) is 0 Å². The summed E-state index contributed by atoms with van der Waals surface area (Å²) in [5.41, 5.74) is 11.8. The quantitative estimate of drug-likeness (QED) is 0.425. The second-order valence-electron chi connectivity index (χ2n) is 7.86. The number of rotatable bonds is 5. The van der Waals surface area contributed by atoms with Crippen LogP contribution < -0.4 is 5.73 Å². The Labute approximate surface area is 169 Å². The first kappa shape index (κ1) is 19.5. The lowest BCUT2D eigenvalue weighted by Crippen LogP contribution is -2.10. The SMILES string of the molecule is CC(C)(C)c1ccc2[nH]c(-c3cc(Br)ccc3Cl)c(CCCCN)c2c1. The Hall–Kier alpha value is -1.29. The fourth-order valence-electron chi connectivity index (χ4n) is 3.34. The van der Waals surface area contributed by atoms with Gasteiger partial charge in [-0.2, -0.15) is 0 Å². The first-order valence-corrected chi connectivity index (χ1v) is 10.3. The second kappa shape index (κ2) is 7.75. The van der Waals surface area contributed by atoms with Gasteiger partial charge in [0.25, 0.3) is 0 Å². The minimum atomic E-state index is 0.119. The minimum absolute atomic E-state index is 0.119. The Bertz CT molecular complexity index is 922. The van der Waals surface area contributed by atoms with E-state index in [1.54, 1.807) is 0 Å². The molecule has 0 amide bonds. The second-order valence-corrected chi connectivity index (χ2v) is 9.18. The molecule has 0 saturated heterocycles. The van der Waals surface area contributed by atoms with Crippen LogP contribution in [-0.4, -0.2) is 11.5 Å². The van der Waals surface area contributed by atoms with Crippen molar-refractivity contribution in [3.63, 3.8) is 0 Å². The van der Waals surface area contributed by atoms with Gasteiger partial charge in [-0.25, -0.2) is 0 Å². The molecule has 1 heterocycles. The lowest BCUT2D eigenvalue weighted by atomic mass is 9.86. The van der Waals surface area contributed by atoms with E-state index in [0.717, 1.165) is 52.1 Å². The molecule has 0 atom stereocenters. The van der Waals surface area contributed by atoms with Crippen LogP contribution in [0.2, 0.25) is 5.02 Å². The monoisotopic (exact) mass is 432 g/mol. The molecule has 0 spiro atoms. The molecule has 2 aromatic carbocycles. The van der Waals surface area contributed by atoms with Crippen LogP contribution in [0.1, 0.15) is 44.7 Å². The average molecular weight is 434 g/mol. The van der Waals surface area contributed by atoms with Crippen LogP contribution in [0.5, 0.6) is 0 Å². The normalized spacial score (nSPS) is 12.1. The Morgan fingerprint density at radius 3 is 2.54 bits per heavy atom. The summed E-state index contributed by atoms with van der Waals surface area (Å²) in [6.45, 7) is 7.48. The third kappa shape index (κ3) is 4.00. The highest BCUT2D eigenvalue weighted by molar-refractivity contribution is 9.10. The van der Waals surface area contributed by atoms with Crippen molar-refractivity contribution in [2.45, 2.75) is 45.4 Å². The van der Waals surface area contributed by atoms with Gasteiger partial charge in [-0.15, -0.1) is 0 Å². The van der Waals surface area contributed by atoms with Crippen LogP contribution in [0.3, 0.4) is 0 Å². The van der Waals surface area contributed by atoms with Crippen LogP contribution in [0.15, 0.2) is 40.9 Å². The summed E-state index contributed by atoms with van der Waals surface area (Å²) < 4.78 is 1.03. The Morgan fingerprint density at radius 2 is 1.85 bits per heavy atom. The summed E-state index contributed by atoms with van der Waals surface area (Å²) in [6.07, 6.45) is 3.09. The fraction of sp³-hybridized carbons (Fsp3) is 0.364. The van der Waals surface area contributed by atoms with Gasteiger partial charge in [0.05, 0.1) is 5.69 Å². The molecule has 0 saturated carbocycles. The molecule has 3 N–H and O–H groups in total. The number of fused-ring (bicyclic) bond motifs is 1. The Kier molecular flexibility index (Phi) is 5.81. The third-order valence-electron chi connectivity index (χ3n) is 4.85. The summed E-state index contributed by atoms with van der Waals surface area (Å²) in [6, 6.07) is 12.7. The molecule has 2 nitrogen and oxygen atoms in total. The van der Waals surface area contributed by atoms with Crippen molar-refractivity contribution in [1.82, 2.24) is 4.98 Å². The number of hydrogen-bond acceptors (Lipinski definition) is 1. The van der Waals surface area contributed by atoms with Gasteiger partial charge in [-0.05, 0) is 72.7 Å². The zero-order valence-corrected chi connectivity index (χ0v) is 18.0. The van der Waals surface area contributed by atoms with Crippen LogP contribution in [0, 0.1) is 0 Å². The molecule has 4 heteroatoms. The molecule has 0 aliphatic heterocycles. The van der Waals surface area contributed by atoms with E-state index in [0.29, 0.717) is 0 Å². The molecule has 0 radical (unpaired) electrons. The molecule has 3 aromatic rings. The van der Waals surface area contributed by atoms with Gasteiger partial charge in [0, 0.05) is 26.0 Å². The summed E-state index contributed by atoms with van der Waals surface area (Å²) >= 11 is 10.1. The number of H-pyrrole nitrogens is 1. The zero-order chi connectivity index (χ0) is 18.9. The molecule has 0 unspecified atom stereocenters. The summed E-state index contributed by atoms with van der Waals surface area (Å²) in [5, 5.41) is 2.05. The maximum Gasteiger partial charge on any atom is 0.0512 e. The van der Waals surface area contributed by atoms with Crippen molar-refractivity contribution in [3.8, 4) is 11.3 Å². The van der Waals surface area contributed by atoms with Gasteiger partial charge in [-0.3, -0.25) is 0 Å². The molecule has 0 bridgehead atoms. The Balaban J connectivity index is 2.21. The number of nitrogens with two attached hydrogens (primary N) is 1. The number of nitrogens with one attached hydrogen (secondary N) is 1. The molecule has 0 fully saturated rings. The molecule has 1 aromatic heterocycles. The van der Waals surface area contributed by atoms with E-state index in [9.17, 15) is 0 Å². The highest BCUT2D eigenvalue weighted by atomic mass is 79.9. The largest absolute Gasteiger partial charge is 0.354 e. The first-order valence-electron chi connectivity index (χ1n) is 9.12. The average Bonchev–Trinajstić information content (AvgIpc) is 2.94. The molecule has 3 rings (SSSR count). The number of unbranched alkanes of at least 4 members (excludes halogenated alkanes) is 1. The minimum Gasteiger partial charge on any atom is -0.354 e. The van der Waals surface area contributed by atoms with E-state index in [4.69, 9.17) is 17.3 Å². The number of benzene rings is 2. The topological polar surface area (TPSA) is 41.8 Å². The molecular weight excluding hydrogens is 408 g/mol. The van der Waals surface area contributed by atoms with Gasteiger partial charge < -0.3 is 10.7 Å². The highest BCUT2D eigenvalue weighted by Gasteiger charge is 2.19. The number of aromatic nitrogens is 1. The predicted molar refractivity (Wildman–Crippen MR) is 117 cm³/mol. The van der Waals surface area contributed by atoms with Crippen molar-refractivity contribution in [3.05, 3.63) is 57.0 Å². The Morgan fingerprint density at radius 1 is 1.08 bits per heavy atom. The van der Waals surface area contributed by atoms with Crippen LogP contribution >= 0.6 is 27.5 Å². The third-order valence-corrected chi connectivity index (χ3v) is 5.67. The number of aryl methyl sites for hydroxylation is 1. The van der Waals surface area contributed by atoms with E-state index in [-0.39, 0.29) is 5.41 Å². The summed E-state index contributed by atoms with van der Waals surface area (Å²) in [5.74, 6) is 0. The number of halogens is 2. The summed E-state index contributed by atoms with van der Waals surface area (Å²) in [4.78, 5) is 3.62. The van der Waals surface area contributed by atoms with Gasteiger partial charge in [-0.1, -0.05) is 54.4 Å². The van der Waals surface area contributed by atoms with E-state index >= 15 is 0 Å². The van der Waals surface area contributed by atoms with E-state index in [1.807, 2.05) is 12.1 Å². The van der Waals surface area contributed by atoms with Crippen LogP contribution in [-0.2, 0) is 11.8 Å². The number of hydrogen-bond donors (Lipinski definition) is 2. The lowest BCUT2D eigenvalue weighted by Gasteiger charge is -2.19. The van der Waals surface area contributed by atoms with Crippen LogP contribution in [0.4, 0.5) is 0 Å². The predicted octanol–water partition coefficient (Wildman–Crippen LogP) is 6.83. The molecular formula is C22H26BrClN2. The van der Waals surface area contributed by atoms with Crippen molar-refractivity contribution in [1.29, 1.82) is 0 Å². The lowest BCUT2D eigenvalue weighted by molar-refractivity contribution is 0.591. The van der Waals surface area contributed by atoms with Gasteiger partial charge >= 0.3 is 0 Å². The highest BCUT2D eigenvalue weighted by Crippen LogP contribution is 2.38. The van der Waals surface area contributed by atoms with E-state index in [1.165, 1.54) is 16.5 Å². The van der Waals surface area contributed by atoms with E-state index < -0.39 is 0 Å². The van der Waals surface area contributed by atoms with Gasteiger partial charge in [0.15, 0.2) is 0 Å². The van der Waals surface area contributed by atoms with Crippen molar-refractivity contribution < 1.29 is 0 Å². The standard InChI is InChI=1S/C22H26BrClN2/c1-22(2,3)14-7-10-20-17(12-14)16(6-4-5-11-25)21(26-20)18-13-15(23)8-9-19(18)24/h7-10,12-13,26H,4-6,11,25H2,1-3H3.